The van der Waals surface area contributed by atoms with Gasteiger partial charge < -0.3 is 15.3 Å². The first-order valence-electron chi connectivity index (χ1n) is 6.08. The number of piperazine rings is 1. The molecular weight excluding hydrogens is 236 g/mol. The fraction of sp³-hybridized carbons (Fsp3) is 0.538. The van der Waals surface area contributed by atoms with Crippen LogP contribution in [0.1, 0.15) is 11.1 Å². The minimum Gasteiger partial charge on any atom is -0.506 e. The van der Waals surface area contributed by atoms with Gasteiger partial charge in [0.2, 0.25) is 0 Å². The summed E-state index contributed by atoms with van der Waals surface area (Å²) in [5.74, 6) is 0.176. The first kappa shape index (κ1) is 12.7. The van der Waals surface area contributed by atoms with Crippen LogP contribution in [0, 0.1) is 6.92 Å². The van der Waals surface area contributed by atoms with Gasteiger partial charge in [0.1, 0.15) is 5.75 Å². The molecule has 0 atom stereocenters. The molecule has 1 aliphatic rings. The monoisotopic (exact) mass is 254 g/mol. The first-order valence-corrected chi connectivity index (χ1v) is 6.45. The van der Waals surface area contributed by atoms with Crippen LogP contribution in [0.15, 0.2) is 12.1 Å². The third kappa shape index (κ3) is 3.35. The average molecular weight is 255 g/mol. The van der Waals surface area contributed by atoms with E-state index in [-0.39, 0.29) is 5.75 Å². The van der Waals surface area contributed by atoms with Crippen molar-refractivity contribution >= 4 is 11.6 Å². The number of nitrogens with zero attached hydrogens (tertiary/aromatic N) is 1. The number of benzene rings is 1. The summed E-state index contributed by atoms with van der Waals surface area (Å²) in [5, 5.41) is 13.3. The van der Waals surface area contributed by atoms with E-state index >= 15 is 0 Å². The zero-order chi connectivity index (χ0) is 12.3. The molecule has 0 spiro atoms. The summed E-state index contributed by atoms with van der Waals surface area (Å²) in [4.78, 5) is 2.46. The van der Waals surface area contributed by atoms with Gasteiger partial charge in [0.15, 0.2) is 0 Å². The Balaban J connectivity index is 1.96. The smallest absolute Gasteiger partial charge is 0.134 e. The van der Waals surface area contributed by atoms with Crippen LogP contribution in [0.4, 0.5) is 0 Å². The topological polar surface area (TPSA) is 35.5 Å². The number of aryl methyl sites for hydroxylation is 1. The number of rotatable bonds is 3. The maximum atomic E-state index is 9.49. The molecule has 2 N–H and O–H groups in total. The quantitative estimate of drug-likeness (QED) is 0.864. The van der Waals surface area contributed by atoms with Gasteiger partial charge in [0.05, 0.1) is 5.02 Å². The van der Waals surface area contributed by atoms with Crippen LogP contribution in [0.25, 0.3) is 0 Å². The maximum Gasteiger partial charge on any atom is 0.134 e. The Morgan fingerprint density at radius 2 is 2.06 bits per heavy atom. The number of phenols is 1. The molecule has 0 amide bonds. The zero-order valence-corrected chi connectivity index (χ0v) is 10.9. The fourth-order valence-electron chi connectivity index (χ4n) is 2.19. The van der Waals surface area contributed by atoms with Crippen LogP contribution in [0.3, 0.4) is 0 Å². The minimum absolute atomic E-state index is 0.176. The van der Waals surface area contributed by atoms with Gasteiger partial charge >= 0.3 is 0 Å². The molecule has 2 rings (SSSR count). The second kappa shape index (κ2) is 5.71. The highest BCUT2D eigenvalue weighted by Crippen LogP contribution is 2.27. The predicted molar refractivity (Wildman–Crippen MR) is 70.9 cm³/mol. The summed E-state index contributed by atoms with van der Waals surface area (Å²) in [5.41, 5.74) is 2.34. The summed E-state index contributed by atoms with van der Waals surface area (Å²) in [6.45, 7) is 7.47. The SMILES string of the molecule is Cc1cc(O)c(Cl)cc1CCN1CCNCC1. The highest BCUT2D eigenvalue weighted by Gasteiger charge is 2.10. The zero-order valence-electron chi connectivity index (χ0n) is 10.2. The molecule has 1 fully saturated rings. The van der Waals surface area contributed by atoms with E-state index in [1.807, 2.05) is 13.0 Å². The molecule has 1 aromatic carbocycles. The first-order chi connectivity index (χ1) is 8.16. The molecule has 0 aliphatic carbocycles. The third-order valence-corrected chi connectivity index (χ3v) is 3.62. The van der Waals surface area contributed by atoms with E-state index in [0.717, 1.165) is 44.7 Å². The standard InChI is InChI=1S/C13H19ClN2O/c1-10-8-13(17)12(14)9-11(10)2-5-16-6-3-15-4-7-16/h8-9,15,17H,2-7H2,1H3. The highest BCUT2D eigenvalue weighted by atomic mass is 35.5. The second-order valence-corrected chi connectivity index (χ2v) is 4.98. The van der Waals surface area contributed by atoms with E-state index in [1.165, 1.54) is 5.56 Å². The van der Waals surface area contributed by atoms with Crippen molar-refractivity contribution in [1.29, 1.82) is 0 Å². The van der Waals surface area contributed by atoms with Crippen molar-refractivity contribution in [1.82, 2.24) is 10.2 Å². The third-order valence-electron chi connectivity index (χ3n) is 3.31. The molecule has 0 unspecified atom stereocenters. The molecule has 0 saturated carbocycles. The van der Waals surface area contributed by atoms with Crippen molar-refractivity contribution in [2.45, 2.75) is 13.3 Å². The van der Waals surface area contributed by atoms with Crippen LogP contribution < -0.4 is 5.32 Å². The average Bonchev–Trinajstić information content (AvgIpc) is 2.33. The molecule has 0 aromatic heterocycles. The second-order valence-electron chi connectivity index (χ2n) is 4.57. The Labute approximate surface area is 107 Å². The van der Waals surface area contributed by atoms with Crippen LogP contribution in [0.2, 0.25) is 5.02 Å². The van der Waals surface area contributed by atoms with Crippen LogP contribution in [-0.4, -0.2) is 42.7 Å². The Kier molecular flexibility index (Phi) is 4.26. The minimum atomic E-state index is 0.176. The van der Waals surface area contributed by atoms with Gasteiger partial charge in [-0.15, -0.1) is 0 Å². The van der Waals surface area contributed by atoms with Crippen LogP contribution in [0.5, 0.6) is 5.75 Å². The number of aromatic hydroxyl groups is 1. The number of halogens is 1. The Morgan fingerprint density at radius 3 is 2.76 bits per heavy atom. The molecule has 1 heterocycles. The van der Waals surface area contributed by atoms with Crippen molar-refractivity contribution in [3.8, 4) is 5.75 Å². The molecule has 3 nitrogen and oxygen atoms in total. The fourth-order valence-corrected chi connectivity index (χ4v) is 2.38. The predicted octanol–water partition coefficient (Wildman–Crippen LogP) is 1.80. The van der Waals surface area contributed by atoms with E-state index in [2.05, 4.69) is 10.2 Å². The normalized spacial score (nSPS) is 17.3. The van der Waals surface area contributed by atoms with Crippen molar-refractivity contribution in [2.24, 2.45) is 0 Å². The highest BCUT2D eigenvalue weighted by molar-refractivity contribution is 6.32. The summed E-state index contributed by atoms with van der Waals surface area (Å²) < 4.78 is 0. The van der Waals surface area contributed by atoms with Crippen molar-refractivity contribution in [2.75, 3.05) is 32.7 Å². The number of hydrogen-bond acceptors (Lipinski definition) is 3. The maximum absolute atomic E-state index is 9.49. The van der Waals surface area contributed by atoms with Crippen LogP contribution in [-0.2, 0) is 6.42 Å². The Hall–Kier alpha value is -0.770. The molecule has 94 valence electrons. The van der Waals surface area contributed by atoms with Gasteiger partial charge in [0.25, 0.3) is 0 Å². The van der Waals surface area contributed by atoms with E-state index in [0.29, 0.717) is 5.02 Å². The van der Waals surface area contributed by atoms with E-state index in [9.17, 15) is 5.11 Å². The van der Waals surface area contributed by atoms with E-state index < -0.39 is 0 Å². The molecule has 0 radical (unpaired) electrons. The Morgan fingerprint density at radius 1 is 1.35 bits per heavy atom. The lowest BCUT2D eigenvalue weighted by atomic mass is 10.0. The molecule has 1 aromatic rings. The summed E-state index contributed by atoms with van der Waals surface area (Å²) in [6.07, 6.45) is 0.992. The van der Waals surface area contributed by atoms with Gasteiger partial charge in [-0.3, -0.25) is 0 Å². The molecule has 1 aliphatic heterocycles. The van der Waals surface area contributed by atoms with E-state index in [4.69, 9.17) is 11.6 Å². The van der Waals surface area contributed by atoms with E-state index in [1.54, 1.807) is 6.07 Å². The molecule has 17 heavy (non-hydrogen) atoms. The number of hydrogen-bond donors (Lipinski definition) is 2. The van der Waals surface area contributed by atoms with Crippen molar-refractivity contribution < 1.29 is 5.11 Å². The van der Waals surface area contributed by atoms with Gasteiger partial charge in [-0.25, -0.2) is 0 Å². The summed E-state index contributed by atoms with van der Waals surface area (Å²) in [7, 11) is 0. The lowest BCUT2D eigenvalue weighted by molar-refractivity contribution is 0.244. The lowest BCUT2D eigenvalue weighted by Gasteiger charge is -2.27. The Bertz CT molecular complexity index is 389. The molecule has 1 saturated heterocycles. The molecule has 0 bridgehead atoms. The molecule has 4 heteroatoms. The van der Waals surface area contributed by atoms with Crippen LogP contribution >= 0.6 is 11.6 Å². The lowest BCUT2D eigenvalue weighted by Crippen LogP contribution is -2.44. The number of nitrogens with one attached hydrogen (secondary N) is 1. The summed E-state index contributed by atoms with van der Waals surface area (Å²) >= 11 is 5.93. The van der Waals surface area contributed by atoms with Gasteiger partial charge in [0, 0.05) is 32.7 Å². The van der Waals surface area contributed by atoms with Crippen molar-refractivity contribution in [3.63, 3.8) is 0 Å². The van der Waals surface area contributed by atoms with Gasteiger partial charge in [-0.2, -0.15) is 0 Å². The largest absolute Gasteiger partial charge is 0.506 e. The van der Waals surface area contributed by atoms with Gasteiger partial charge in [-0.1, -0.05) is 11.6 Å². The summed E-state index contributed by atoms with van der Waals surface area (Å²) in [6, 6.07) is 3.63. The van der Waals surface area contributed by atoms with Crippen molar-refractivity contribution in [3.05, 3.63) is 28.3 Å². The van der Waals surface area contributed by atoms with Gasteiger partial charge in [-0.05, 0) is 36.6 Å². The molecular formula is C13H19ClN2O. The number of phenolic OH excluding ortho intramolecular Hbond substituents is 1.